The van der Waals surface area contributed by atoms with Crippen LogP contribution in [0.2, 0.25) is 5.02 Å². The lowest BCUT2D eigenvalue weighted by Gasteiger charge is -2.16. The number of carboxylic acids is 1. The molecule has 0 aliphatic carbocycles. The van der Waals surface area contributed by atoms with E-state index >= 15 is 0 Å². The van der Waals surface area contributed by atoms with Crippen molar-refractivity contribution in [2.45, 2.75) is 17.9 Å². The molecule has 0 heterocycles. The maximum atomic E-state index is 11.1. The van der Waals surface area contributed by atoms with Gasteiger partial charge in [-0.2, -0.15) is 0 Å². The molecule has 0 aromatic heterocycles. The van der Waals surface area contributed by atoms with Gasteiger partial charge in [-0.1, -0.05) is 23.7 Å². The van der Waals surface area contributed by atoms with Crippen LogP contribution in [0.3, 0.4) is 0 Å². The molecule has 2 N–H and O–H groups in total. The van der Waals surface area contributed by atoms with Crippen LogP contribution in [0.15, 0.2) is 47.4 Å². The molecule has 1 unspecified atom stereocenters. The van der Waals surface area contributed by atoms with Gasteiger partial charge in [0.25, 0.3) is 0 Å². The van der Waals surface area contributed by atoms with Crippen LogP contribution in [0, 0.1) is 0 Å². The van der Waals surface area contributed by atoms with Gasteiger partial charge in [0.15, 0.2) is 0 Å². The van der Waals surface area contributed by atoms with Crippen LogP contribution in [-0.4, -0.2) is 17.3 Å². The summed E-state index contributed by atoms with van der Waals surface area (Å²) < 4.78 is 0. The first-order chi connectivity index (χ1) is 10.0. The summed E-state index contributed by atoms with van der Waals surface area (Å²) in [5.41, 5.74) is 1.98. The SMILES string of the molecule is CSc1ccc(C(C)Nc2ccc(Cl)c(C(=O)O)c2)cc1. The molecule has 2 aromatic rings. The van der Waals surface area contributed by atoms with Gasteiger partial charge in [-0.15, -0.1) is 11.8 Å². The predicted molar refractivity (Wildman–Crippen MR) is 88.7 cm³/mol. The molecule has 0 amide bonds. The van der Waals surface area contributed by atoms with Crippen molar-refractivity contribution in [2.75, 3.05) is 11.6 Å². The predicted octanol–water partition coefficient (Wildman–Crippen LogP) is 4.93. The van der Waals surface area contributed by atoms with E-state index in [9.17, 15) is 4.79 Å². The van der Waals surface area contributed by atoms with Gasteiger partial charge in [0, 0.05) is 16.6 Å². The van der Waals surface area contributed by atoms with Gasteiger partial charge in [0.2, 0.25) is 0 Å². The van der Waals surface area contributed by atoms with E-state index in [1.807, 2.05) is 13.2 Å². The Kier molecular flexibility index (Phi) is 5.15. The van der Waals surface area contributed by atoms with Crippen molar-refractivity contribution < 1.29 is 9.90 Å². The lowest BCUT2D eigenvalue weighted by Crippen LogP contribution is -2.07. The molecule has 3 nitrogen and oxygen atoms in total. The third-order valence-corrected chi connectivity index (χ3v) is 4.27. The van der Waals surface area contributed by atoms with Crippen LogP contribution in [0.4, 0.5) is 5.69 Å². The zero-order chi connectivity index (χ0) is 15.4. The van der Waals surface area contributed by atoms with E-state index in [1.165, 1.54) is 4.90 Å². The van der Waals surface area contributed by atoms with Crippen molar-refractivity contribution in [2.24, 2.45) is 0 Å². The summed E-state index contributed by atoms with van der Waals surface area (Å²) in [5, 5.41) is 12.6. The average Bonchev–Trinajstić information content (AvgIpc) is 2.49. The minimum Gasteiger partial charge on any atom is -0.478 e. The van der Waals surface area contributed by atoms with Crippen LogP contribution < -0.4 is 5.32 Å². The number of hydrogen-bond donors (Lipinski definition) is 2. The highest BCUT2D eigenvalue weighted by Crippen LogP contribution is 2.25. The van der Waals surface area contributed by atoms with Gasteiger partial charge in [0.05, 0.1) is 10.6 Å². The van der Waals surface area contributed by atoms with Crippen molar-refractivity contribution in [3.8, 4) is 0 Å². The van der Waals surface area contributed by atoms with Crippen molar-refractivity contribution in [3.05, 3.63) is 58.6 Å². The number of hydrogen-bond acceptors (Lipinski definition) is 3. The topological polar surface area (TPSA) is 49.3 Å². The van der Waals surface area contributed by atoms with Gasteiger partial charge in [0.1, 0.15) is 0 Å². The fourth-order valence-corrected chi connectivity index (χ4v) is 2.61. The zero-order valence-corrected chi connectivity index (χ0v) is 13.3. The minimum absolute atomic E-state index is 0.0729. The molecule has 110 valence electrons. The molecule has 0 spiro atoms. The number of thioether (sulfide) groups is 1. The second-order valence-corrected chi connectivity index (χ2v) is 5.93. The largest absolute Gasteiger partial charge is 0.478 e. The van der Waals surface area contributed by atoms with Crippen molar-refractivity contribution in [1.29, 1.82) is 0 Å². The standard InChI is InChI=1S/C16H16ClNO2S/c1-10(11-3-6-13(21-2)7-4-11)18-12-5-8-15(17)14(9-12)16(19)20/h3-10,18H,1-2H3,(H,19,20). The van der Waals surface area contributed by atoms with Crippen molar-refractivity contribution in [3.63, 3.8) is 0 Å². The third-order valence-electron chi connectivity index (χ3n) is 3.20. The Hall–Kier alpha value is -1.65. The van der Waals surface area contributed by atoms with Crippen molar-refractivity contribution in [1.82, 2.24) is 0 Å². The Morgan fingerprint density at radius 2 is 1.90 bits per heavy atom. The molecule has 0 saturated carbocycles. The monoisotopic (exact) mass is 321 g/mol. The Balaban J connectivity index is 2.16. The van der Waals surface area contributed by atoms with Gasteiger partial charge in [-0.05, 0) is 49.1 Å². The summed E-state index contributed by atoms with van der Waals surface area (Å²) >= 11 is 7.57. The maximum absolute atomic E-state index is 11.1. The Bertz CT molecular complexity index is 643. The first-order valence-corrected chi connectivity index (χ1v) is 8.05. The van der Waals surface area contributed by atoms with E-state index in [-0.39, 0.29) is 16.6 Å². The number of benzene rings is 2. The Morgan fingerprint density at radius 1 is 1.24 bits per heavy atom. The highest BCUT2D eigenvalue weighted by Gasteiger charge is 2.11. The number of carbonyl (C=O) groups is 1. The molecule has 5 heteroatoms. The summed E-state index contributed by atoms with van der Waals surface area (Å²) in [6, 6.07) is 13.3. The molecule has 2 rings (SSSR count). The fourth-order valence-electron chi connectivity index (χ4n) is 2.00. The fraction of sp³-hybridized carbons (Fsp3) is 0.188. The van der Waals surface area contributed by atoms with E-state index < -0.39 is 5.97 Å². The van der Waals surface area contributed by atoms with E-state index in [1.54, 1.807) is 30.0 Å². The van der Waals surface area contributed by atoms with E-state index in [0.717, 1.165) is 11.3 Å². The van der Waals surface area contributed by atoms with Gasteiger partial charge in [-0.25, -0.2) is 4.79 Å². The maximum Gasteiger partial charge on any atom is 0.337 e. The quantitative estimate of drug-likeness (QED) is 0.766. The second-order valence-electron chi connectivity index (χ2n) is 4.64. The smallest absolute Gasteiger partial charge is 0.337 e. The molecule has 0 aliphatic heterocycles. The lowest BCUT2D eigenvalue weighted by molar-refractivity contribution is 0.0697. The first-order valence-electron chi connectivity index (χ1n) is 6.44. The van der Waals surface area contributed by atoms with E-state index in [0.29, 0.717) is 0 Å². The Morgan fingerprint density at radius 3 is 2.48 bits per heavy atom. The molecular weight excluding hydrogens is 306 g/mol. The highest BCUT2D eigenvalue weighted by molar-refractivity contribution is 7.98. The van der Waals surface area contributed by atoms with Crippen LogP contribution >= 0.6 is 23.4 Å². The van der Waals surface area contributed by atoms with E-state index in [2.05, 4.69) is 29.6 Å². The third kappa shape index (κ3) is 3.93. The molecule has 2 aromatic carbocycles. The van der Waals surface area contributed by atoms with Gasteiger partial charge < -0.3 is 10.4 Å². The lowest BCUT2D eigenvalue weighted by atomic mass is 10.1. The van der Waals surface area contributed by atoms with Crippen LogP contribution in [0.1, 0.15) is 28.9 Å². The van der Waals surface area contributed by atoms with Crippen LogP contribution in [-0.2, 0) is 0 Å². The molecular formula is C16H16ClNO2S. The molecule has 0 fully saturated rings. The van der Waals surface area contributed by atoms with Gasteiger partial charge >= 0.3 is 5.97 Å². The molecule has 21 heavy (non-hydrogen) atoms. The summed E-state index contributed by atoms with van der Waals surface area (Å²) in [6.07, 6.45) is 2.04. The van der Waals surface area contributed by atoms with Gasteiger partial charge in [-0.3, -0.25) is 0 Å². The van der Waals surface area contributed by atoms with Crippen molar-refractivity contribution >= 4 is 35.0 Å². The zero-order valence-electron chi connectivity index (χ0n) is 11.8. The molecule has 0 radical (unpaired) electrons. The number of halogens is 1. The van der Waals surface area contributed by atoms with E-state index in [4.69, 9.17) is 16.7 Å². The summed E-state index contributed by atoms with van der Waals surface area (Å²) in [5.74, 6) is -1.03. The molecule has 0 saturated heterocycles. The molecule has 0 aliphatic rings. The average molecular weight is 322 g/mol. The summed E-state index contributed by atoms with van der Waals surface area (Å²) in [6.45, 7) is 2.03. The minimum atomic E-state index is -1.03. The number of anilines is 1. The molecule has 1 atom stereocenters. The summed E-state index contributed by atoms with van der Waals surface area (Å²) in [4.78, 5) is 12.3. The number of rotatable bonds is 5. The number of nitrogens with one attached hydrogen (secondary N) is 1. The molecule has 0 bridgehead atoms. The van der Waals surface area contributed by atoms with Crippen LogP contribution in [0.25, 0.3) is 0 Å². The summed E-state index contributed by atoms with van der Waals surface area (Å²) in [7, 11) is 0. The highest BCUT2D eigenvalue weighted by atomic mass is 35.5. The second kappa shape index (κ2) is 6.87. The normalized spacial score (nSPS) is 12.0. The number of aromatic carboxylic acids is 1. The number of carboxylic acid groups (broad SMARTS) is 1. The first kappa shape index (κ1) is 15.7. The van der Waals surface area contributed by atoms with Crippen LogP contribution in [0.5, 0.6) is 0 Å². The Labute approximate surface area is 133 Å².